The number of hydrogen-bond donors (Lipinski definition) is 0. The highest BCUT2D eigenvalue weighted by Gasteiger charge is 2.04. The summed E-state index contributed by atoms with van der Waals surface area (Å²) >= 11 is 0. The van der Waals surface area contributed by atoms with Crippen LogP contribution in [-0.4, -0.2) is 4.57 Å². The predicted molar refractivity (Wildman–Crippen MR) is 59.2 cm³/mol. The fourth-order valence-corrected chi connectivity index (χ4v) is 1.69. The third-order valence-corrected chi connectivity index (χ3v) is 2.54. The van der Waals surface area contributed by atoms with Crippen LogP contribution in [0.5, 0.6) is 0 Å². The van der Waals surface area contributed by atoms with Gasteiger partial charge >= 0.3 is 0 Å². The topological polar surface area (TPSA) is 4.93 Å². The van der Waals surface area contributed by atoms with E-state index in [4.69, 9.17) is 0 Å². The van der Waals surface area contributed by atoms with Crippen molar-refractivity contribution in [2.75, 3.05) is 0 Å². The molecule has 1 heterocycles. The van der Waals surface area contributed by atoms with E-state index < -0.39 is 0 Å². The van der Waals surface area contributed by atoms with Crippen LogP contribution in [0.3, 0.4) is 0 Å². The van der Waals surface area contributed by atoms with E-state index in [1.807, 2.05) is 17.7 Å². The van der Waals surface area contributed by atoms with Gasteiger partial charge in [-0.25, -0.2) is 0 Å². The highest BCUT2D eigenvalue weighted by molar-refractivity contribution is 5.64. The number of hydrogen-bond acceptors (Lipinski definition) is 0. The lowest BCUT2D eigenvalue weighted by atomic mass is 10.0. The SMILES string of the molecule is Cc1ccc(C)c(-c2cc[c]n2C)c1. The molecule has 0 atom stereocenters. The van der Waals surface area contributed by atoms with Gasteiger partial charge < -0.3 is 4.57 Å². The van der Waals surface area contributed by atoms with Crippen molar-refractivity contribution in [2.45, 2.75) is 13.8 Å². The Morgan fingerprint density at radius 3 is 2.57 bits per heavy atom. The van der Waals surface area contributed by atoms with Gasteiger partial charge in [0.25, 0.3) is 0 Å². The first-order chi connectivity index (χ1) is 6.68. The van der Waals surface area contributed by atoms with E-state index >= 15 is 0 Å². The minimum atomic E-state index is 1.23. The van der Waals surface area contributed by atoms with Gasteiger partial charge in [-0.3, -0.25) is 0 Å². The zero-order valence-corrected chi connectivity index (χ0v) is 8.83. The second kappa shape index (κ2) is 3.33. The molecule has 0 aliphatic rings. The first-order valence-electron chi connectivity index (χ1n) is 4.79. The summed E-state index contributed by atoms with van der Waals surface area (Å²) in [5, 5.41) is 0. The number of rotatable bonds is 1. The number of aryl methyl sites for hydroxylation is 3. The van der Waals surface area contributed by atoms with Crippen LogP contribution in [0.15, 0.2) is 30.3 Å². The Morgan fingerprint density at radius 2 is 1.93 bits per heavy atom. The molecule has 1 aromatic heterocycles. The van der Waals surface area contributed by atoms with Gasteiger partial charge in [-0.15, -0.1) is 0 Å². The van der Waals surface area contributed by atoms with E-state index in [0.29, 0.717) is 0 Å². The van der Waals surface area contributed by atoms with Gasteiger partial charge in [0.15, 0.2) is 0 Å². The van der Waals surface area contributed by atoms with E-state index in [0.717, 1.165) is 0 Å². The summed E-state index contributed by atoms with van der Waals surface area (Å²) in [6.07, 6.45) is 3.13. The van der Waals surface area contributed by atoms with Crippen molar-refractivity contribution >= 4 is 0 Å². The Hall–Kier alpha value is -1.50. The summed E-state index contributed by atoms with van der Waals surface area (Å²) in [4.78, 5) is 0. The van der Waals surface area contributed by atoms with Crippen molar-refractivity contribution in [3.63, 3.8) is 0 Å². The molecule has 0 N–H and O–H groups in total. The van der Waals surface area contributed by atoms with Gasteiger partial charge in [0.2, 0.25) is 0 Å². The lowest BCUT2D eigenvalue weighted by molar-refractivity contribution is 0.927. The Bertz CT molecular complexity index is 452. The normalized spacial score (nSPS) is 10.5. The molecule has 0 saturated heterocycles. The van der Waals surface area contributed by atoms with E-state index in [2.05, 4.69) is 44.3 Å². The quantitative estimate of drug-likeness (QED) is 0.641. The molecule has 0 saturated carbocycles. The lowest BCUT2D eigenvalue weighted by Crippen LogP contribution is -1.92. The fraction of sp³-hybridized carbons (Fsp3) is 0.231. The van der Waals surface area contributed by atoms with Gasteiger partial charge in [0.05, 0.1) is 6.20 Å². The highest BCUT2D eigenvalue weighted by Crippen LogP contribution is 2.23. The molecule has 0 spiro atoms. The maximum atomic E-state index is 3.13. The summed E-state index contributed by atoms with van der Waals surface area (Å²) < 4.78 is 2.03. The molecular formula is C13H14N. The monoisotopic (exact) mass is 184 g/mol. The van der Waals surface area contributed by atoms with Crippen molar-refractivity contribution in [3.05, 3.63) is 47.7 Å². The van der Waals surface area contributed by atoms with Crippen LogP contribution in [0.1, 0.15) is 11.1 Å². The molecule has 0 bridgehead atoms. The van der Waals surface area contributed by atoms with Crippen LogP contribution in [0.25, 0.3) is 11.3 Å². The molecule has 2 aromatic rings. The molecule has 0 fully saturated rings. The molecule has 1 radical (unpaired) electrons. The third kappa shape index (κ3) is 1.46. The molecule has 0 aliphatic heterocycles. The van der Waals surface area contributed by atoms with Crippen molar-refractivity contribution in [1.29, 1.82) is 0 Å². The number of aromatic nitrogens is 1. The Kier molecular flexibility index (Phi) is 2.16. The van der Waals surface area contributed by atoms with E-state index in [1.165, 1.54) is 22.4 Å². The van der Waals surface area contributed by atoms with E-state index in [1.54, 1.807) is 0 Å². The van der Waals surface area contributed by atoms with Crippen molar-refractivity contribution in [3.8, 4) is 11.3 Å². The fourth-order valence-electron chi connectivity index (χ4n) is 1.69. The third-order valence-electron chi connectivity index (χ3n) is 2.54. The first kappa shape index (κ1) is 9.07. The molecule has 0 aliphatic carbocycles. The number of benzene rings is 1. The average Bonchev–Trinajstić information content (AvgIpc) is 2.56. The number of nitrogens with zero attached hydrogens (tertiary/aromatic N) is 1. The molecule has 0 unspecified atom stereocenters. The van der Waals surface area contributed by atoms with Crippen molar-refractivity contribution in [2.24, 2.45) is 7.05 Å². The molecule has 1 nitrogen and oxygen atoms in total. The minimum absolute atomic E-state index is 1.23. The van der Waals surface area contributed by atoms with Gasteiger partial charge in [0, 0.05) is 18.3 Å². The second-order valence-electron chi connectivity index (χ2n) is 3.73. The van der Waals surface area contributed by atoms with Gasteiger partial charge in [-0.05, 0) is 37.6 Å². The van der Waals surface area contributed by atoms with Crippen molar-refractivity contribution < 1.29 is 0 Å². The first-order valence-corrected chi connectivity index (χ1v) is 4.79. The zero-order valence-electron chi connectivity index (χ0n) is 8.83. The van der Waals surface area contributed by atoms with E-state index in [-0.39, 0.29) is 0 Å². The smallest absolute Gasteiger partial charge is 0.0650 e. The maximum absolute atomic E-state index is 3.13. The standard InChI is InChI=1S/C13H14N/c1-10-6-7-11(2)12(9-10)13-5-4-8-14(13)3/h4-7,9H,1-3H3. The van der Waals surface area contributed by atoms with Crippen LogP contribution in [-0.2, 0) is 7.05 Å². The molecule has 1 aromatic carbocycles. The summed E-state index contributed by atoms with van der Waals surface area (Å²) in [5.41, 5.74) is 5.14. The van der Waals surface area contributed by atoms with Gasteiger partial charge in [-0.2, -0.15) is 0 Å². The second-order valence-corrected chi connectivity index (χ2v) is 3.73. The van der Waals surface area contributed by atoms with Crippen LogP contribution in [0, 0.1) is 20.0 Å². The zero-order chi connectivity index (χ0) is 10.1. The van der Waals surface area contributed by atoms with Crippen LogP contribution in [0.4, 0.5) is 0 Å². The van der Waals surface area contributed by atoms with Crippen LogP contribution >= 0.6 is 0 Å². The highest BCUT2D eigenvalue weighted by atomic mass is 14.9. The van der Waals surface area contributed by atoms with Crippen LogP contribution < -0.4 is 0 Å². The Balaban J connectivity index is 2.62. The summed E-state index contributed by atoms with van der Waals surface area (Å²) in [5.74, 6) is 0. The molecular weight excluding hydrogens is 170 g/mol. The Morgan fingerprint density at radius 1 is 1.14 bits per heavy atom. The van der Waals surface area contributed by atoms with Gasteiger partial charge in [0.1, 0.15) is 0 Å². The summed E-state index contributed by atoms with van der Waals surface area (Å²) in [6.45, 7) is 4.26. The molecule has 14 heavy (non-hydrogen) atoms. The van der Waals surface area contributed by atoms with Crippen LogP contribution in [0.2, 0.25) is 0 Å². The predicted octanol–water partition coefficient (Wildman–Crippen LogP) is 3.11. The van der Waals surface area contributed by atoms with Crippen molar-refractivity contribution in [1.82, 2.24) is 4.57 Å². The minimum Gasteiger partial charge on any atom is -0.342 e. The molecule has 2 rings (SSSR count). The van der Waals surface area contributed by atoms with E-state index in [9.17, 15) is 0 Å². The molecule has 71 valence electrons. The maximum Gasteiger partial charge on any atom is 0.0650 e. The summed E-state index contributed by atoms with van der Waals surface area (Å²) in [7, 11) is 2.02. The van der Waals surface area contributed by atoms with Gasteiger partial charge in [-0.1, -0.05) is 17.7 Å². The largest absolute Gasteiger partial charge is 0.342 e. The summed E-state index contributed by atoms with van der Waals surface area (Å²) in [6, 6.07) is 10.6. The molecule has 1 heteroatoms. The average molecular weight is 184 g/mol. The molecule has 0 amide bonds. The Labute approximate surface area is 85.0 Å². The lowest BCUT2D eigenvalue weighted by Gasteiger charge is -2.07.